The van der Waals surface area contributed by atoms with E-state index in [0.717, 1.165) is 6.92 Å². The molecule has 5 atom stereocenters. The molecule has 0 aliphatic carbocycles. The van der Waals surface area contributed by atoms with Gasteiger partial charge in [0.25, 0.3) is 5.91 Å². The average Bonchev–Trinajstić information content (AvgIpc) is 2.32. The van der Waals surface area contributed by atoms with Crippen LogP contribution in [0, 0.1) is 0 Å². The quantitative estimate of drug-likeness (QED) is 0.168. The Bertz CT molecular complexity index is 384. The minimum Gasteiger partial charge on any atom is -0.417 e. The zero-order valence-corrected chi connectivity index (χ0v) is 9.89. The van der Waals surface area contributed by atoms with E-state index in [2.05, 4.69) is 9.47 Å². The number of hydrogen-bond acceptors (Lipinski definition) is 10. The summed E-state index contributed by atoms with van der Waals surface area (Å²) < 4.78 is 8.74. The molecule has 10 heteroatoms. The van der Waals surface area contributed by atoms with Gasteiger partial charge in [0, 0.05) is 6.92 Å². The Balaban J connectivity index is 3.09. The zero-order valence-electron chi connectivity index (χ0n) is 9.89. The van der Waals surface area contributed by atoms with Gasteiger partial charge in [-0.15, -0.1) is 0 Å². The monoisotopic (exact) mass is 281 g/mol. The van der Waals surface area contributed by atoms with Gasteiger partial charge in [0.2, 0.25) is 5.78 Å². The van der Waals surface area contributed by atoms with Crippen molar-refractivity contribution in [3.63, 3.8) is 0 Å². The van der Waals surface area contributed by atoms with Gasteiger partial charge in [0.1, 0.15) is 12.2 Å². The third kappa shape index (κ3) is 2.60. The van der Waals surface area contributed by atoms with Gasteiger partial charge in [0.05, 0.1) is 6.61 Å². The van der Waals surface area contributed by atoms with Crippen molar-refractivity contribution in [3.05, 3.63) is 0 Å². The number of carbonyl (C=O) groups is 2. The maximum atomic E-state index is 11.1. The first-order chi connectivity index (χ1) is 8.56. The van der Waals surface area contributed by atoms with Crippen molar-refractivity contribution in [1.29, 1.82) is 0 Å². The molecule has 1 rings (SSSR count). The molecule has 0 aromatic carbocycles. The number of Topliss-reactive ketones (excluding diaryl/α,β-unsaturated/α-hetero) is 1. The fourth-order valence-corrected chi connectivity index (χ4v) is 1.52. The third-order valence-corrected chi connectivity index (χ3v) is 2.67. The molecule has 1 heterocycles. The number of ketones is 1. The highest BCUT2D eigenvalue weighted by Crippen LogP contribution is 2.34. The van der Waals surface area contributed by atoms with Crippen LogP contribution in [-0.2, 0) is 19.1 Å². The van der Waals surface area contributed by atoms with Crippen molar-refractivity contribution >= 4 is 11.8 Å². The lowest BCUT2D eigenvalue weighted by molar-refractivity contribution is -0.444. The number of aliphatic hydroxyl groups is 5. The second kappa shape index (κ2) is 5.09. The van der Waals surface area contributed by atoms with Gasteiger partial charge in [-0.1, -0.05) is 0 Å². The molecule has 0 bridgehead atoms. The molecule has 1 aliphatic rings. The lowest BCUT2D eigenvalue weighted by Crippen LogP contribution is -2.78. The molecule has 1 aliphatic heterocycles. The Kier molecular flexibility index (Phi) is 4.27. The van der Waals surface area contributed by atoms with Gasteiger partial charge >= 0.3 is 11.8 Å². The molecule has 0 radical (unpaired) electrons. The number of aliphatic hydroxyl groups excluding tert-OH is 3. The van der Waals surface area contributed by atoms with E-state index in [4.69, 9.17) is 10.8 Å². The second-order valence-corrected chi connectivity index (χ2v) is 4.11. The Morgan fingerprint density at radius 1 is 1.37 bits per heavy atom. The first-order valence-corrected chi connectivity index (χ1v) is 5.19. The van der Waals surface area contributed by atoms with Gasteiger partial charge in [0.15, 0.2) is 6.10 Å². The number of hydrogen-bond donors (Lipinski definition) is 6. The van der Waals surface area contributed by atoms with Crippen LogP contribution in [0.3, 0.4) is 0 Å². The van der Waals surface area contributed by atoms with Crippen LogP contribution in [0.2, 0.25) is 0 Å². The number of esters is 1. The van der Waals surface area contributed by atoms with Crippen LogP contribution in [0.25, 0.3) is 0 Å². The van der Waals surface area contributed by atoms with Crippen molar-refractivity contribution in [2.24, 2.45) is 5.73 Å². The summed E-state index contributed by atoms with van der Waals surface area (Å²) in [5, 5.41) is 47.5. The number of ether oxygens (including phenoxy) is 2. The summed E-state index contributed by atoms with van der Waals surface area (Å²) in [4.78, 5) is 21.9. The van der Waals surface area contributed by atoms with Crippen LogP contribution in [0.4, 0.5) is 0 Å². The van der Waals surface area contributed by atoms with E-state index in [0.29, 0.717) is 0 Å². The SMILES string of the molecule is CC(=O)C(=O)O[C@]1(O)[C@@H](O)[C@H](O)[C@@H](CO)OC1(N)O. The van der Waals surface area contributed by atoms with E-state index in [9.17, 15) is 30.0 Å². The lowest BCUT2D eigenvalue weighted by Gasteiger charge is -2.49. The first-order valence-electron chi connectivity index (χ1n) is 5.19. The normalized spacial score (nSPS) is 42.8. The summed E-state index contributed by atoms with van der Waals surface area (Å²) in [5.41, 5.74) is 5.14. The molecule has 1 fully saturated rings. The van der Waals surface area contributed by atoms with E-state index in [1.54, 1.807) is 0 Å². The number of carbonyl (C=O) groups excluding carboxylic acids is 2. The molecule has 1 unspecified atom stereocenters. The molecule has 1 saturated heterocycles. The number of rotatable bonds is 3. The van der Waals surface area contributed by atoms with Crippen LogP contribution in [-0.4, -0.2) is 73.9 Å². The highest BCUT2D eigenvalue weighted by molar-refractivity contribution is 6.32. The summed E-state index contributed by atoms with van der Waals surface area (Å²) in [6.07, 6.45) is -5.75. The molecule has 19 heavy (non-hydrogen) atoms. The highest BCUT2D eigenvalue weighted by Gasteiger charge is 2.65. The van der Waals surface area contributed by atoms with E-state index in [1.807, 2.05) is 0 Å². The molecule has 110 valence electrons. The minimum absolute atomic E-state index is 0.810. The molecular formula is C9H15NO9. The second-order valence-electron chi connectivity index (χ2n) is 4.11. The predicted octanol–water partition coefficient (Wildman–Crippen LogP) is -4.48. The van der Waals surface area contributed by atoms with Crippen molar-refractivity contribution < 1.29 is 44.6 Å². The van der Waals surface area contributed by atoms with E-state index < -0.39 is 48.4 Å². The summed E-state index contributed by atoms with van der Waals surface area (Å²) >= 11 is 0. The Morgan fingerprint density at radius 3 is 2.32 bits per heavy atom. The first kappa shape index (κ1) is 15.9. The van der Waals surface area contributed by atoms with Crippen molar-refractivity contribution in [2.45, 2.75) is 36.9 Å². The summed E-state index contributed by atoms with van der Waals surface area (Å²) in [6.45, 7) is -0.0290. The van der Waals surface area contributed by atoms with E-state index in [-0.39, 0.29) is 0 Å². The van der Waals surface area contributed by atoms with Crippen molar-refractivity contribution in [3.8, 4) is 0 Å². The largest absolute Gasteiger partial charge is 0.417 e. The predicted molar refractivity (Wildman–Crippen MR) is 54.8 cm³/mol. The fraction of sp³-hybridized carbons (Fsp3) is 0.778. The van der Waals surface area contributed by atoms with E-state index in [1.165, 1.54) is 0 Å². The smallest absolute Gasteiger partial charge is 0.377 e. The van der Waals surface area contributed by atoms with Crippen LogP contribution < -0.4 is 5.73 Å². The topological polar surface area (TPSA) is 180 Å². The van der Waals surface area contributed by atoms with Crippen molar-refractivity contribution in [1.82, 2.24) is 0 Å². The molecule has 0 aromatic rings. The molecular weight excluding hydrogens is 266 g/mol. The van der Waals surface area contributed by atoms with Gasteiger partial charge in [-0.25, -0.2) is 4.79 Å². The molecule has 7 N–H and O–H groups in total. The Labute approximate surface area is 107 Å². The molecule has 0 saturated carbocycles. The van der Waals surface area contributed by atoms with Crippen LogP contribution >= 0.6 is 0 Å². The van der Waals surface area contributed by atoms with Gasteiger partial charge in [-0.05, 0) is 0 Å². The zero-order chi connectivity index (χ0) is 15.0. The van der Waals surface area contributed by atoms with Crippen molar-refractivity contribution in [2.75, 3.05) is 6.61 Å². The number of nitrogens with two attached hydrogens (primary N) is 1. The van der Waals surface area contributed by atoms with Gasteiger partial charge in [-0.2, -0.15) is 0 Å². The average molecular weight is 281 g/mol. The third-order valence-electron chi connectivity index (χ3n) is 2.67. The molecule has 0 aromatic heterocycles. The highest BCUT2D eigenvalue weighted by atomic mass is 16.8. The maximum Gasteiger partial charge on any atom is 0.377 e. The molecule has 10 nitrogen and oxygen atoms in total. The van der Waals surface area contributed by atoms with Crippen LogP contribution in [0.5, 0.6) is 0 Å². The van der Waals surface area contributed by atoms with Gasteiger partial charge in [-0.3, -0.25) is 10.5 Å². The molecule has 0 spiro atoms. The van der Waals surface area contributed by atoms with E-state index >= 15 is 0 Å². The summed E-state index contributed by atoms with van der Waals surface area (Å²) in [6, 6.07) is 0. The Hall–Kier alpha value is -1.14. The standard InChI is InChI=1S/C9H15NO9/c1-3(12)7(15)19-8(16)6(14)5(13)4(2-11)18-9(8,10)17/h4-6,11,13-14,16-17H,2,10H2,1H3/t4-,5-,6+,8-,9?/m1/s1. The fourth-order valence-electron chi connectivity index (χ4n) is 1.52. The van der Waals surface area contributed by atoms with Crippen LogP contribution in [0.15, 0.2) is 0 Å². The lowest BCUT2D eigenvalue weighted by atomic mass is 9.93. The van der Waals surface area contributed by atoms with Gasteiger partial charge < -0.3 is 35.0 Å². The summed E-state index contributed by atoms with van der Waals surface area (Å²) in [7, 11) is 0. The molecule has 0 amide bonds. The summed E-state index contributed by atoms with van der Waals surface area (Å²) in [5.74, 6) is -9.16. The Morgan fingerprint density at radius 2 is 1.89 bits per heavy atom. The minimum atomic E-state index is -3.28. The maximum absolute atomic E-state index is 11.1. The van der Waals surface area contributed by atoms with Crippen LogP contribution in [0.1, 0.15) is 6.92 Å².